The zero-order valence-corrected chi connectivity index (χ0v) is 21.4. The molecule has 1 aromatic carbocycles. The number of benzene rings is 1. The lowest BCUT2D eigenvalue weighted by molar-refractivity contribution is -0.117. The van der Waals surface area contributed by atoms with Crippen LogP contribution in [-0.4, -0.2) is 45.1 Å². The summed E-state index contributed by atoms with van der Waals surface area (Å²) in [5, 5.41) is 11.4. The number of pyridine rings is 1. The van der Waals surface area contributed by atoms with Crippen molar-refractivity contribution in [2.24, 2.45) is 5.73 Å². The van der Waals surface area contributed by atoms with Gasteiger partial charge in [0.1, 0.15) is 15.5 Å². The lowest BCUT2D eigenvalue weighted by Crippen LogP contribution is -2.55. The van der Waals surface area contributed by atoms with Crippen LogP contribution in [0.1, 0.15) is 28.9 Å². The van der Waals surface area contributed by atoms with E-state index in [1.165, 1.54) is 6.08 Å². The summed E-state index contributed by atoms with van der Waals surface area (Å²) in [6.07, 6.45) is 6.48. The van der Waals surface area contributed by atoms with E-state index in [2.05, 4.69) is 27.1 Å². The molecule has 4 heterocycles. The van der Waals surface area contributed by atoms with E-state index >= 15 is 0 Å². The lowest BCUT2D eigenvalue weighted by atomic mass is 10.0. The first-order valence-corrected chi connectivity index (χ1v) is 13.1. The van der Waals surface area contributed by atoms with Crippen molar-refractivity contribution in [3.63, 3.8) is 0 Å². The summed E-state index contributed by atoms with van der Waals surface area (Å²) in [7, 11) is 0. The number of amides is 4. The van der Waals surface area contributed by atoms with Gasteiger partial charge < -0.3 is 15.8 Å². The number of hydrogen-bond acceptors (Lipinski definition) is 8. The number of ether oxygens (including phenoxy) is 1. The van der Waals surface area contributed by atoms with Crippen LogP contribution in [0, 0.1) is 0 Å². The highest BCUT2D eigenvalue weighted by atomic mass is 32.1. The number of nitrogens with two attached hydrogens (primary N) is 1. The van der Waals surface area contributed by atoms with Gasteiger partial charge in [-0.05, 0) is 61.7 Å². The summed E-state index contributed by atoms with van der Waals surface area (Å²) >= 11 is 1.15. The summed E-state index contributed by atoms with van der Waals surface area (Å²) in [5.41, 5.74) is 7.41. The van der Waals surface area contributed by atoms with Gasteiger partial charge in [0.25, 0.3) is 5.91 Å². The molecule has 2 aliphatic rings. The largest absolute Gasteiger partial charge is 0.438 e. The van der Waals surface area contributed by atoms with Gasteiger partial charge in [-0.25, -0.2) is 9.78 Å². The van der Waals surface area contributed by atoms with Crippen molar-refractivity contribution in [3.8, 4) is 11.6 Å². The molecule has 3 aromatic heterocycles. The smallest absolute Gasteiger partial charge is 0.334 e. The molecule has 1 saturated carbocycles. The van der Waals surface area contributed by atoms with Crippen LogP contribution in [-0.2, 0) is 4.79 Å². The Bertz CT molecular complexity index is 1610. The summed E-state index contributed by atoms with van der Waals surface area (Å²) < 4.78 is 5.76. The number of carbonyl (C=O) groups is 3. The average molecular weight is 542 g/mol. The number of aromatic nitrogens is 3. The zero-order chi connectivity index (χ0) is 27.1. The van der Waals surface area contributed by atoms with Gasteiger partial charge in [-0.15, -0.1) is 16.4 Å². The Kier molecular flexibility index (Phi) is 6.15. The summed E-state index contributed by atoms with van der Waals surface area (Å²) in [4.78, 5) is 47.6. The summed E-state index contributed by atoms with van der Waals surface area (Å²) in [6, 6.07) is 11.1. The molecule has 3 N–H and O–H groups in total. The first-order chi connectivity index (χ1) is 19.0. The van der Waals surface area contributed by atoms with Crippen LogP contribution in [0.5, 0.6) is 11.6 Å². The van der Waals surface area contributed by atoms with E-state index in [4.69, 9.17) is 10.5 Å². The van der Waals surface area contributed by atoms with Gasteiger partial charge in [0.05, 0.1) is 34.5 Å². The van der Waals surface area contributed by atoms with Crippen LogP contribution in [0.4, 0.5) is 21.9 Å². The Labute approximate surface area is 226 Å². The first-order valence-electron chi connectivity index (χ1n) is 12.3. The van der Waals surface area contributed by atoms with E-state index < -0.39 is 11.9 Å². The van der Waals surface area contributed by atoms with Gasteiger partial charge in [-0.1, -0.05) is 6.58 Å². The molecule has 1 aliphatic carbocycles. The number of primary amides is 1. The molecule has 11 nitrogen and oxygen atoms in total. The molecule has 196 valence electrons. The van der Waals surface area contributed by atoms with Crippen LogP contribution >= 0.6 is 11.3 Å². The fraction of sp³-hybridized carbons (Fsp3) is 0.185. The van der Waals surface area contributed by atoms with E-state index in [1.807, 2.05) is 0 Å². The fourth-order valence-corrected chi connectivity index (χ4v) is 6.23. The van der Waals surface area contributed by atoms with Crippen LogP contribution in [0.3, 0.4) is 0 Å². The summed E-state index contributed by atoms with van der Waals surface area (Å²) in [5.74, 6) is -0.0901. The molecular formula is C27H23N7O4S. The normalized spacial score (nSPS) is 18.3. The molecule has 39 heavy (non-hydrogen) atoms. The Morgan fingerprint density at radius 3 is 2.69 bits per heavy atom. The third kappa shape index (κ3) is 4.24. The van der Waals surface area contributed by atoms with Crippen LogP contribution in [0.25, 0.3) is 10.2 Å². The predicted molar refractivity (Wildman–Crippen MR) is 146 cm³/mol. The molecule has 0 radical (unpaired) electrons. The van der Waals surface area contributed by atoms with Crippen molar-refractivity contribution in [2.45, 2.75) is 31.3 Å². The molecule has 0 saturated heterocycles. The molecule has 0 unspecified atom stereocenters. The van der Waals surface area contributed by atoms with Crippen LogP contribution in [0.15, 0.2) is 67.5 Å². The van der Waals surface area contributed by atoms with Crippen molar-refractivity contribution in [1.82, 2.24) is 20.5 Å². The number of carbonyl (C=O) groups excluding carboxylic acids is 3. The standard InChI is InChI=1S/C27H23N7O4S/c1-2-20(35)31-17-5-3-6-18(17)34-23-22-19(12-14-29-26(22)39-24(23)25(28)36)33(27(34)37)15-8-10-16(11-9-15)38-21-7-4-13-30-32-21/h2,4,7-14,17-18H,1,3,5-6H2,(H2,28,36)(H,31,35)/t17-,18+/m0/s1. The topological polar surface area (TPSA) is 144 Å². The van der Waals surface area contributed by atoms with Gasteiger partial charge in [0, 0.05) is 18.5 Å². The number of anilines is 3. The molecule has 0 spiro atoms. The third-order valence-corrected chi connectivity index (χ3v) is 7.94. The van der Waals surface area contributed by atoms with Crippen molar-refractivity contribution in [2.75, 3.05) is 9.80 Å². The highest BCUT2D eigenvalue weighted by Gasteiger charge is 2.45. The number of nitrogens with zero attached hydrogens (tertiary/aromatic N) is 5. The molecular weight excluding hydrogens is 518 g/mol. The average Bonchev–Trinajstić information content (AvgIpc) is 3.56. The minimum absolute atomic E-state index is 0.256. The van der Waals surface area contributed by atoms with E-state index in [1.54, 1.807) is 64.7 Å². The van der Waals surface area contributed by atoms with Gasteiger partial charge in [0.15, 0.2) is 0 Å². The molecule has 4 amide bonds. The highest BCUT2D eigenvalue weighted by Crippen LogP contribution is 2.50. The second-order valence-corrected chi connectivity index (χ2v) is 10.1. The van der Waals surface area contributed by atoms with Crippen molar-refractivity contribution in [3.05, 3.63) is 72.4 Å². The van der Waals surface area contributed by atoms with E-state index in [0.717, 1.165) is 17.8 Å². The number of hydrogen-bond donors (Lipinski definition) is 2. The molecule has 4 aromatic rings. The second-order valence-electron chi connectivity index (χ2n) is 9.12. The number of urea groups is 1. The Hall–Kier alpha value is -4.84. The lowest BCUT2D eigenvalue weighted by Gasteiger charge is -2.40. The molecule has 12 heteroatoms. The fourth-order valence-electron chi connectivity index (χ4n) is 5.22. The van der Waals surface area contributed by atoms with Gasteiger partial charge >= 0.3 is 6.03 Å². The maximum absolute atomic E-state index is 14.4. The van der Waals surface area contributed by atoms with E-state index in [9.17, 15) is 14.4 Å². The van der Waals surface area contributed by atoms with Crippen LogP contribution < -0.4 is 25.6 Å². The van der Waals surface area contributed by atoms with Crippen molar-refractivity contribution < 1.29 is 19.1 Å². The van der Waals surface area contributed by atoms with Crippen molar-refractivity contribution >= 4 is 56.5 Å². The van der Waals surface area contributed by atoms with Gasteiger partial charge in [-0.2, -0.15) is 5.10 Å². The maximum Gasteiger partial charge on any atom is 0.334 e. The maximum atomic E-state index is 14.4. The van der Waals surface area contributed by atoms with Crippen molar-refractivity contribution in [1.29, 1.82) is 0 Å². The van der Waals surface area contributed by atoms with Gasteiger partial charge in [-0.3, -0.25) is 19.4 Å². The first kappa shape index (κ1) is 24.5. The Balaban J connectivity index is 1.46. The molecule has 6 rings (SSSR count). The predicted octanol–water partition coefficient (Wildman–Crippen LogP) is 4.28. The Morgan fingerprint density at radius 2 is 1.97 bits per heavy atom. The summed E-state index contributed by atoms with van der Waals surface area (Å²) in [6.45, 7) is 3.54. The zero-order valence-electron chi connectivity index (χ0n) is 20.6. The number of thiophene rings is 1. The molecule has 1 fully saturated rings. The minimum atomic E-state index is -0.639. The van der Waals surface area contributed by atoms with Gasteiger partial charge in [0.2, 0.25) is 11.8 Å². The second kappa shape index (κ2) is 9.80. The van der Waals surface area contributed by atoms with Crippen LogP contribution in [0.2, 0.25) is 0 Å². The number of nitrogens with one attached hydrogen (secondary N) is 1. The highest BCUT2D eigenvalue weighted by molar-refractivity contribution is 7.21. The third-order valence-electron chi connectivity index (χ3n) is 6.84. The van der Waals surface area contributed by atoms with E-state index in [-0.39, 0.29) is 22.9 Å². The quantitative estimate of drug-likeness (QED) is 0.332. The Morgan fingerprint density at radius 1 is 1.15 bits per heavy atom. The molecule has 0 bridgehead atoms. The monoisotopic (exact) mass is 541 g/mol. The molecule has 1 aliphatic heterocycles. The van der Waals surface area contributed by atoms with E-state index in [0.29, 0.717) is 51.7 Å². The minimum Gasteiger partial charge on any atom is -0.438 e. The molecule has 2 atom stereocenters. The SMILES string of the molecule is C=CC(=O)N[C@H]1CCC[C@H]1N1C(=O)N(c2ccc(Oc3cccnn3)cc2)c2ccnc3sc(C(N)=O)c1c23. The number of rotatable bonds is 7.